The number of hydrogen-bond acceptors (Lipinski definition) is 4. The summed E-state index contributed by atoms with van der Waals surface area (Å²) >= 11 is 0. The van der Waals surface area contributed by atoms with Crippen molar-refractivity contribution >= 4 is 12.2 Å². The van der Waals surface area contributed by atoms with Gasteiger partial charge in [-0.25, -0.2) is 9.59 Å². The molecule has 0 aliphatic heterocycles. The van der Waals surface area contributed by atoms with Crippen molar-refractivity contribution in [2.24, 2.45) is 15.9 Å². The van der Waals surface area contributed by atoms with Crippen molar-refractivity contribution in [2.75, 3.05) is 0 Å². The van der Waals surface area contributed by atoms with Gasteiger partial charge in [-0.15, -0.1) is 9.98 Å². The van der Waals surface area contributed by atoms with Crippen LogP contribution < -0.4 is 0 Å². The molecule has 0 spiro atoms. The van der Waals surface area contributed by atoms with Crippen molar-refractivity contribution in [2.45, 2.75) is 32.6 Å². The molecule has 4 heteroatoms. The molecule has 1 aliphatic carbocycles. The van der Waals surface area contributed by atoms with Crippen LogP contribution in [0.1, 0.15) is 32.6 Å². The third kappa shape index (κ3) is 2.77. The van der Waals surface area contributed by atoms with E-state index in [0.29, 0.717) is 5.92 Å². The van der Waals surface area contributed by atoms with Crippen molar-refractivity contribution in [3.05, 3.63) is 11.4 Å². The molecule has 0 radical (unpaired) electrons. The zero-order valence-corrected chi connectivity index (χ0v) is 8.12. The second-order valence-electron chi connectivity index (χ2n) is 3.52. The fourth-order valence-electron chi connectivity index (χ4n) is 1.60. The molecule has 1 aliphatic rings. The van der Waals surface area contributed by atoms with E-state index in [2.05, 4.69) is 16.9 Å². The Morgan fingerprint density at radius 1 is 1.21 bits per heavy atom. The molecule has 0 bridgehead atoms. The summed E-state index contributed by atoms with van der Waals surface area (Å²) in [5.41, 5.74) is 0.967. The van der Waals surface area contributed by atoms with E-state index in [9.17, 15) is 9.59 Å². The number of hydrogen-bond donors (Lipinski definition) is 0. The molecule has 0 saturated heterocycles. The van der Waals surface area contributed by atoms with E-state index < -0.39 is 0 Å². The van der Waals surface area contributed by atoms with Crippen LogP contribution in [0.25, 0.3) is 0 Å². The van der Waals surface area contributed by atoms with E-state index in [0.717, 1.165) is 31.3 Å². The maximum absolute atomic E-state index is 10.1. The number of carbonyl (C=O) groups excluding carboxylic acids is 2. The Morgan fingerprint density at radius 3 is 2.14 bits per heavy atom. The molecule has 0 N–H and O–H groups in total. The topological polar surface area (TPSA) is 58.9 Å². The van der Waals surface area contributed by atoms with Gasteiger partial charge in [-0.1, -0.05) is 6.92 Å². The SMILES string of the molecule is CC1CCC(=C(N=C=O)N=C=O)CC1. The van der Waals surface area contributed by atoms with Gasteiger partial charge in [0.2, 0.25) is 12.2 Å². The monoisotopic (exact) mass is 192 g/mol. The summed E-state index contributed by atoms with van der Waals surface area (Å²) in [5.74, 6) is 0.905. The molecule has 14 heavy (non-hydrogen) atoms. The minimum absolute atomic E-state index is 0.210. The van der Waals surface area contributed by atoms with Crippen LogP contribution in [0.5, 0.6) is 0 Å². The lowest BCUT2D eigenvalue weighted by molar-refractivity contribution is 0.440. The van der Waals surface area contributed by atoms with Gasteiger partial charge in [0.1, 0.15) is 0 Å². The maximum atomic E-state index is 10.1. The molecule has 0 amide bonds. The normalized spacial score (nSPS) is 20.6. The zero-order chi connectivity index (χ0) is 10.4. The summed E-state index contributed by atoms with van der Waals surface area (Å²) in [5, 5.41) is 0. The van der Waals surface area contributed by atoms with E-state index >= 15 is 0 Å². The minimum Gasteiger partial charge on any atom is -0.211 e. The molecule has 1 rings (SSSR count). The molecular formula is C10H12N2O2. The van der Waals surface area contributed by atoms with Gasteiger partial charge in [0.15, 0.2) is 5.82 Å². The van der Waals surface area contributed by atoms with Crippen molar-refractivity contribution in [3.63, 3.8) is 0 Å². The fourth-order valence-corrected chi connectivity index (χ4v) is 1.60. The van der Waals surface area contributed by atoms with Gasteiger partial charge < -0.3 is 0 Å². The number of isocyanates is 2. The smallest absolute Gasteiger partial charge is 0.211 e. The van der Waals surface area contributed by atoms with Gasteiger partial charge >= 0.3 is 0 Å². The first-order chi connectivity index (χ1) is 6.77. The predicted molar refractivity (Wildman–Crippen MR) is 50.9 cm³/mol. The van der Waals surface area contributed by atoms with Crippen LogP contribution in [-0.2, 0) is 9.59 Å². The van der Waals surface area contributed by atoms with E-state index in [1.807, 2.05) is 0 Å². The van der Waals surface area contributed by atoms with Crippen LogP contribution in [0.2, 0.25) is 0 Å². The average molecular weight is 192 g/mol. The van der Waals surface area contributed by atoms with Gasteiger partial charge in [-0.05, 0) is 37.2 Å². The molecule has 0 aromatic carbocycles. The Balaban J connectivity index is 2.87. The quantitative estimate of drug-likeness (QED) is 0.496. The van der Waals surface area contributed by atoms with Crippen molar-refractivity contribution in [1.82, 2.24) is 0 Å². The molecule has 4 nitrogen and oxygen atoms in total. The summed E-state index contributed by atoms with van der Waals surface area (Å²) in [6.45, 7) is 2.18. The predicted octanol–water partition coefficient (Wildman–Crippen LogP) is 2.08. The zero-order valence-electron chi connectivity index (χ0n) is 8.12. The Labute approximate surface area is 82.4 Å². The van der Waals surface area contributed by atoms with E-state index in [-0.39, 0.29) is 5.82 Å². The Hall–Kier alpha value is -1.50. The van der Waals surface area contributed by atoms with Crippen molar-refractivity contribution in [1.29, 1.82) is 0 Å². The second-order valence-corrected chi connectivity index (χ2v) is 3.52. The molecule has 0 aromatic rings. The van der Waals surface area contributed by atoms with Crippen LogP contribution in [0, 0.1) is 5.92 Å². The second kappa shape index (κ2) is 5.28. The first-order valence-electron chi connectivity index (χ1n) is 4.65. The lowest BCUT2D eigenvalue weighted by Crippen LogP contribution is -2.05. The van der Waals surface area contributed by atoms with E-state index in [4.69, 9.17) is 0 Å². The molecule has 0 aromatic heterocycles. The molecule has 0 atom stereocenters. The lowest BCUT2D eigenvalue weighted by Gasteiger charge is -2.19. The van der Waals surface area contributed by atoms with Crippen molar-refractivity contribution < 1.29 is 9.59 Å². The Morgan fingerprint density at radius 2 is 1.71 bits per heavy atom. The highest BCUT2D eigenvalue weighted by atomic mass is 16.1. The van der Waals surface area contributed by atoms with Gasteiger partial charge in [0.25, 0.3) is 0 Å². The molecular weight excluding hydrogens is 180 g/mol. The molecule has 1 saturated carbocycles. The fraction of sp³-hybridized carbons (Fsp3) is 0.600. The van der Waals surface area contributed by atoms with Crippen LogP contribution in [0.4, 0.5) is 0 Å². The Kier molecular flexibility index (Phi) is 3.99. The Bertz CT molecular complexity index is 304. The van der Waals surface area contributed by atoms with E-state index in [1.54, 1.807) is 0 Å². The highest BCUT2D eigenvalue weighted by molar-refractivity contribution is 5.43. The van der Waals surface area contributed by atoms with Crippen LogP contribution in [-0.4, -0.2) is 12.2 Å². The van der Waals surface area contributed by atoms with Gasteiger partial charge in [0, 0.05) is 0 Å². The molecule has 1 fully saturated rings. The third-order valence-corrected chi connectivity index (χ3v) is 2.50. The third-order valence-electron chi connectivity index (χ3n) is 2.50. The van der Waals surface area contributed by atoms with Crippen LogP contribution in [0.15, 0.2) is 21.4 Å². The molecule has 74 valence electrons. The minimum atomic E-state index is 0.210. The van der Waals surface area contributed by atoms with Gasteiger partial charge in [0.05, 0.1) is 0 Å². The van der Waals surface area contributed by atoms with E-state index in [1.165, 1.54) is 12.2 Å². The van der Waals surface area contributed by atoms with Crippen molar-refractivity contribution in [3.8, 4) is 0 Å². The number of nitrogens with zero attached hydrogens (tertiary/aromatic N) is 2. The van der Waals surface area contributed by atoms with Gasteiger partial charge in [-0.3, -0.25) is 0 Å². The number of rotatable bonds is 2. The first-order valence-corrected chi connectivity index (χ1v) is 4.65. The summed E-state index contributed by atoms with van der Waals surface area (Å²) in [6.07, 6.45) is 6.63. The standard InChI is InChI=1S/C10H12N2O2/c1-8-2-4-9(5-3-8)10(11-6-13)12-7-14/h8H,2-5H2,1H3. The average Bonchev–Trinajstić information content (AvgIpc) is 2.19. The summed E-state index contributed by atoms with van der Waals surface area (Å²) < 4.78 is 0. The molecule has 0 unspecified atom stereocenters. The number of allylic oxidation sites excluding steroid dienone is 1. The summed E-state index contributed by atoms with van der Waals surface area (Å²) in [7, 11) is 0. The highest BCUT2D eigenvalue weighted by Crippen LogP contribution is 2.30. The van der Waals surface area contributed by atoms with Crippen LogP contribution >= 0.6 is 0 Å². The van der Waals surface area contributed by atoms with Gasteiger partial charge in [-0.2, -0.15) is 0 Å². The van der Waals surface area contributed by atoms with Crippen LogP contribution in [0.3, 0.4) is 0 Å². The molecule has 0 heterocycles. The summed E-state index contributed by atoms with van der Waals surface area (Å²) in [6, 6.07) is 0. The first kappa shape index (κ1) is 10.6. The largest absolute Gasteiger partial charge is 0.242 e. The summed E-state index contributed by atoms with van der Waals surface area (Å²) in [4.78, 5) is 27.0. The number of aliphatic imine (C=N–C) groups is 2. The highest BCUT2D eigenvalue weighted by Gasteiger charge is 2.15. The lowest BCUT2D eigenvalue weighted by atomic mass is 9.87. The maximum Gasteiger partial charge on any atom is 0.242 e.